The third-order valence-corrected chi connectivity index (χ3v) is 4.02. The van der Waals surface area contributed by atoms with Crippen molar-refractivity contribution in [2.24, 2.45) is 0 Å². The molecule has 1 aliphatic rings. The minimum atomic E-state index is 0.0998. The second kappa shape index (κ2) is 9.46. The molecule has 1 aliphatic heterocycles. The minimum Gasteiger partial charge on any atom is -0.494 e. The number of ether oxygens (including phenoxy) is 1. The molecule has 1 heterocycles. The van der Waals surface area contributed by atoms with Crippen LogP contribution in [0.1, 0.15) is 38.2 Å². The highest BCUT2D eigenvalue weighted by Gasteiger charge is 2.09. The first kappa shape index (κ1) is 16.8. The number of nitrogens with one attached hydrogen (secondary N) is 1. The molecule has 0 aliphatic carbocycles. The van der Waals surface area contributed by atoms with Crippen LogP contribution in [0.4, 0.5) is 0 Å². The number of nitrogens with zero attached hydrogens (tertiary/aromatic N) is 1. The number of likely N-dealkylation sites (tertiary alicyclic amines) is 1. The quantitative estimate of drug-likeness (QED) is 0.751. The molecule has 0 bridgehead atoms. The van der Waals surface area contributed by atoms with Crippen LogP contribution in [0.2, 0.25) is 0 Å². The fourth-order valence-corrected chi connectivity index (χ4v) is 2.83. The molecule has 122 valence electrons. The van der Waals surface area contributed by atoms with Crippen molar-refractivity contribution in [1.29, 1.82) is 0 Å². The zero-order valence-corrected chi connectivity index (χ0v) is 13.6. The summed E-state index contributed by atoms with van der Waals surface area (Å²) in [6.45, 7) is 6.94. The number of carbonyl (C=O) groups is 1. The first-order valence-corrected chi connectivity index (χ1v) is 8.48. The smallest absolute Gasteiger partial charge is 0.224 e. The van der Waals surface area contributed by atoms with E-state index in [0.29, 0.717) is 13.0 Å². The Morgan fingerprint density at radius 2 is 1.91 bits per heavy atom. The molecule has 1 fully saturated rings. The van der Waals surface area contributed by atoms with Crippen LogP contribution in [0, 0.1) is 0 Å². The van der Waals surface area contributed by atoms with Crippen molar-refractivity contribution in [3.05, 3.63) is 29.8 Å². The Morgan fingerprint density at radius 1 is 1.18 bits per heavy atom. The number of carbonyl (C=O) groups excluding carboxylic acids is 1. The van der Waals surface area contributed by atoms with E-state index in [1.165, 1.54) is 32.4 Å². The molecular formula is C18H28N2O2. The zero-order valence-electron chi connectivity index (χ0n) is 13.6. The van der Waals surface area contributed by atoms with E-state index in [9.17, 15) is 4.79 Å². The molecule has 22 heavy (non-hydrogen) atoms. The van der Waals surface area contributed by atoms with Crippen molar-refractivity contribution in [3.63, 3.8) is 0 Å². The van der Waals surface area contributed by atoms with Crippen LogP contribution in [0.3, 0.4) is 0 Å². The number of piperidine rings is 1. The van der Waals surface area contributed by atoms with Crippen LogP contribution in [0.25, 0.3) is 0 Å². The number of amides is 1. The Labute approximate surface area is 133 Å². The molecule has 0 radical (unpaired) electrons. The largest absolute Gasteiger partial charge is 0.494 e. The summed E-state index contributed by atoms with van der Waals surface area (Å²) in [4.78, 5) is 14.4. The van der Waals surface area contributed by atoms with E-state index in [1.807, 2.05) is 31.2 Å². The minimum absolute atomic E-state index is 0.0998. The fraction of sp³-hybridized carbons (Fsp3) is 0.611. The van der Waals surface area contributed by atoms with Gasteiger partial charge in [-0.05, 0) is 63.5 Å². The van der Waals surface area contributed by atoms with Crippen LogP contribution >= 0.6 is 0 Å². The van der Waals surface area contributed by atoms with Crippen molar-refractivity contribution >= 4 is 5.91 Å². The van der Waals surface area contributed by atoms with E-state index in [1.54, 1.807) is 0 Å². The molecule has 0 unspecified atom stereocenters. The SMILES string of the molecule is CCOc1ccc(CC(=O)NCCCN2CCCCC2)cc1. The van der Waals surface area contributed by atoms with Gasteiger partial charge in [-0.2, -0.15) is 0 Å². The lowest BCUT2D eigenvalue weighted by molar-refractivity contribution is -0.120. The van der Waals surface area contributed by atoms with Gasteiger partial charge in [0.25, 0.3) is 0 Å². The van der Waals surface area contributed by atoms with Gasteiger partial charge in [0.1, 0.15) is 5.75 Å². The summed E-state index contributed by atoms with van der Waals surface area (Å²) >= 11 is 0. The molecule has 0 atom stereocenters. The van der Waals surface area contributed by atoms with Crippen molar-refractivity contribution < 1.29 is 9.53 Å². The van der Waals surface area contributed by atoms with Crippen molar-refractivity contribution in [2.75, 3.05) is 32.8 Å². The lowest BCUT2D eigenvalue weighted by atomic mass is 10.1. The predicted octanol–water partition coefficient (Wildman–Crippen LogP) is 2.62. The van der Waals surface area contributed by atoms with Gasteiger partial charge in [-0.25, -0.2) is 0 Å². The predicted molar refractivity (Wildman–Crippen MR) is 89.2 cm³/mol. The fourth-order valence-electron chi connectivity index (χ4n) is 2.83. The van der Waals surface area contributed by atoms with Crippen LogP contribution in [0.5, 0.6) is 5.75 Å². The standard InChI is InChI=1S/C18H28N2O2/c1-2-22-17-9-7-16(8-10-17)15-18(21)19-11-6-14-20-12-4-3-5-13-20/h7-10H,2-6,11-15H2,1H3,(H,19,21). The summed E-state index contributed by atoms with van der Waals surface area (Å²) < 4.78 is 5.40. The number of benzene rings is 1. The highest BCUT2D eigenvalue weighted by atomic mass is 16.5. The topological polar surface area (TPSA) is 41.6 Å². The van der Waals surface area contributed by atoms with E-state index in [-0.39, 0.29) is 5.91 Å². The number of hydrogen-bond acceptors (Lipinski definition) is 3. The lowest BCUT2D eigenvalue weighted by Crippen LogP contribution is -2.33. The zero-order chi connectivity index (χ0) is 15.6. The molecule has 0 aromatic heterocycles. The van der Waals surface area contributed by atoms with E-state index in [4.69, 9.17) is 4.74 Å². The number of hydrogen-bond donors (Lipinski definition) is 1. The van der Waals surface area contributed by atoms with E-state index < -0.39 is 0 Å². The average molecular weight is 304 g/mol. The Kier molecular flexibility index (Phi) is 7.23. The molecule has 1 N–H and O–H groups in total. The lowest BCUT2D eigenvalue weighted by Gasteiger charge is -2.26. The molecule has 2 rings (SSSR count). The normalized spacial score (nSPS) is 15.5. The third-order valence-electron chi connectivity index (χ3n) is 4.02. The summed E-state index contributed by atoms with van der Waals surface area (Å²) in [5, 5.41) is 3.01. The van der Waals surface area contributed by atoms with Gasteiger partial charge in [-0.15, -0.1) is 0 Å². The molecule has 1 amide bonds. The van der Waals surface area contributed by atoms with Crippen LogP contribution < -0.4 is 10.1 Å². The Bertz CT molecular complexity index is 439. The van der Waals surface area contributed by atoms with Gasteiger partial charge in [0.2, 0.25) is 5.91 Å². The summed E-state index contributed by atoms with van der Waals surface area (Å²) in [7, 11) is 0. The summed E-state index contributed by atoms with van der Waals surface area (Å²) in [5.74, 6) is 0.955. The highest BCUT2D eigenvalue weighted by molar-refractivity contribution is 5.78. The van der Waals surface area contributed by atoms with Crippen molar-refractivity contribution in [3.8, 4) is 5.75 Å². The van der Waals surface area contributed by atoms with Gasteiger partial charge in [-0.3, -0.25) is 4.79 Å². The molecule has 1 aromatic rings. The van der Waals surface area contributed by atoms with Gasteiger partial charge < -0.3 is 15.0 Å². The van der Waals surface area contributed by atoms with Crippen LogP contribution in [-0.4, -0.2) is 43.6 Å². The van der Waals surface area contributed by atoms with E-state index >= 15 is 0 Å². The molecule has 0 saturated carbocycles. The molecular weight excluding hydrogens is 276 g/mol. The van der Waals surface area contributed by atoms with Crippen molar-refractivity contribution in [1.82, 2.24) is 10.2 Å². The van der Waals surface area contributed by atoms with Gasteiger partial charge >= 0.3 is 0 Å². The first-order valence-electron chi connectivity index (χ1n) is 8.48. The molecule has 1 saturated heterocycles. The maximum absolute atomic E-state index is 11.9. The molecule has 1 aromatic carbocycles. The van der Waals surface area contributed by atoms with Gasteiger partial charge in [-0.1, -0.05) is 18.6 Å². The van der Waals surface area contributed by atoms with Crippen LogP contribution in [0.15, 0.2) is 24.3 Å². The van der Waals surface area contributed by atoms with Gasteiger partial charge in [0.05, 0.1) is 13.0 Å². The monoisotopic (exact) mass is 304 g/mol. The summed E-state index contributed by atoms with van der Waals surface area (Å²) in [6, 6.07) is 7.75. The first-order chi connectivity index (χ1) is 10.8. The molecule has 0 spiro atoms. The number of rotatable bonds is 8. The Balaban J connectivity index is 1.60. The summed E-state index contributed by atoms with van der Waals surface area (Å²) in [5.41, 5.74) is 1.02. The molecule has 4 nitrogen and oxygen atoms in total. The Morgan fingerprint density at radius 3 is 2.59 bits per heavy atom. The average Bonchev–Trinajstić information content (AvgIpc) is 2.55. The van der Waals surface area contributed by atoms with E-state index in [0.717, 1.165) is 30.8 Å². The van der Waals surface area contributed by atoms with E-state index in [2.05, 4.69) is 10.2 Å². The maximum Gasteiger partial charge on any atom is 0.224 e. The van der Waals surface area contributed by atoms with Crippen molar-refractivity contribution in [2.45, 2.75) is 39.0 Å². The van der Waals surface area contributed by atoms with Crippen LogP contribution in [-0.2, 0) is 11.2 Å². The van der Waals surface area contributed by atoms with Gasteiger partial charge in [0, 0.05) is 6.54 Å². The third kappa shape index (κ3) is 6.06. The Hall–Kier alpha value is -1.55. The maximum atomic E-state index is 11.9. The second-order valence-electron chi connectivity index (χ2n) is 5.86. The summed E-state index contributed by atoms with van der Waals surface area (Å²) in [6.07, 6.45) is 5.49. The second-order valence-corrected chi connectivity index (χ2v) is 5.86. The van der Waals surface area contributed by atoms with Gasteiger partial charge in [0.15, 0.2) is 0 Å². The highest BCUT2D eigenvalue weighted by Crippen LogP contribution is 2.12. The molecule has 4 heteroatoms.